The molecule has 4 heteroatoms. The standard InChI is InChI=1S/C13H12N2O2/c1-10-7-11(9-14-8-10)15-13(16)17-12-5-3-2-4-6-12/h2-9H,1H3,(H,15,16). The molecule has 1 heterocycles. The average Bonchev–Trinajstić information content (AvgIpc) is 2.30. The number of carbonyl (C=O) groups is 1. The van der Waals surface area contributed by atoms with Crippen LogP contribution in [-0.4, -0.2) is 11.1 Å². The van der Waals surface area contributed by atoms with E-state index in [1.807, 2.05) is 19.1 Å². The summed E-state index contributed by atoms with van der Waals surface area (Å²) in [6.07, 6.45) is 2.76. The summed E-state index contributed by atoms with van der Waals surface area (Å²) >= 11 is 0. The van der Waals surface area contributed by atoms with Crippen molar-refractivity contribution >= 4 is 11.8 Å². The number of carbonyl (C=O) groups excluding carboxylic acids is 1. The predicted octanol–water partition coefficient (Wildman–Crippen LogP) is 3.00. The molecule has 0 atom stereocenters. The summed E-state index contributed by atoms with van der Waals surface area (Å²) in [6.45, 7) is 1.90. The molecule has 0 spiro atoms. The third kappa shape index (κ3) is 3.31. The molecule has 17 heavy (non-hydrogen) atoms. The van der Waals surface area contributed by atoms with Gasteiger partial charge in [-0.25, -0.2) is 4.79 Å². The second kappa shape index (κ2) is 5.12. The molecule has 0 aliphatic heterocycles. The Balaban J connectivity index is 1.98. The van der Waals surface area contributed by atoms with Crippen LogP contribution < -0.4 is 10.1 Å². The Bertz CT molecular complexity index is 512. The Labute approximate surface area is 99.3 Å². The first kappa shape index (κ1) is 11.1. The van der Waals surface area contributed by atoms with E-state index in [2.05, 4.69) is 10.3 Å². The molecule has 0 fully saturated rings. The van der Waals surface area contributed by atoms with Crippen molar-refractivity contribution < 1.29 is 9.53 Å². The van der Waals surface area contributed by atoms with E-state index in [0.29, 0.717) is 11.4 Å². The lowest BCUT2D eigenvalue weighted by molar-refractivity contribution is 0.215. The van der Waals surface area contributed by atoms with Crippen LogP contribution in [0.4, 0.5) is 10.5 Å². The molecule has 0 saturated heterocycles. The highest BCUT2D eigenvalue weighted by Gasteiger charge is 2.04. The number of anilines is 1. The van der Waals surface area contributed by atoms with Gasteiger partial charge in [-0.3, -0.25) is 10.3 Å². The molecule has 86 valence electrons. The first-order valence-corrected chi connectivity index (χ1v) is 5.19. The number of hydrogen-bond donors (Lipinski definition) is 1. The van der Waals surface area contributed by atoms with E-state index in [4.69, 9.17) is 4.74 Å². The summed E-state index contributed by atoms with van der Waals surface area (Å²) in [6, 6.07) is 10.7. The third-order valence-electron chi connectivity index (χ3n) is 2.08. The quantitative estimate of drug-likeness (QED) is 0.859. The lowest BCUT2D eigenvalue weighted by atomic mass is 10.3. The summed E-state index contributed by atoms with van der Waals surface area (Å²) in [7, 11) is 0. The van der Waals surface area contributed by atoms with Crippen molar-refractivity contribution in [2.24, 2.45) is 0 Å². The Morgan fingerprint density at radius 2 is 2.00 bits per heavy atom. The van der Waals surface area contributed by atoms with E-state index in [1.165, 1.54) is 0 Å². The Morgan fingerprint density at radius 3 is 2.71 bits per heavy atom. The molecule has 2 aromatic rings. The lowest BCUT2D eigenvalue weighted by Crippen LogP contribution is -2.16. The number of amides is 1. The van der Waals surface area contributed by atoms with Crippen molar-refractivity contribution in [3.63, 3.8) is 0 Å². The lowest BCUT2D eigenvalue weighted by Gasteiger charge is -2.06. The molecular formula is C13H12N2O2. The van der Waals surface area contributed by atoms with Gasteiger partial charge < -0.3 is 4.74 Å². The number of aromatic nitrogens is 1. The highest BCUT2D eigenvalue weighted by Crippen LogP contribution is 2.11. The maximum Gasteiger partial charge on any atom is 0.417 e. The molecule has 0 saturated carbocycles. The molecule has 0 bridgehead atoms. The number of hydrogen-bond acceptors (Lipinski definition) is 3. The largest absolute Gasteiger partial charge is 0.417 e. The van der Waals surface area contributed by atoms with Crippen molar-refractivity contribution in [2.45, 2.75) is 6.92 Å². The van der Waals surface area contributed by atoms with Gasteiger partial charge in [0.25, 0.3) is 0 Å². The van der Waals surface area contributed by atoms with Crippen LogP contribution in [0, 0.1) is 6.92 Å². The summed E-state index contributed by atoms with van der Waals surface area (Å²) < 4.78 is 5.08. The van der Waals surface area contributed by atoms with Crippen molar-refractivity contribution in [1.29, 1.82) is 0 Å². The van der Waals surface area contributed by atoms with Crippen LogP contribution in [0.5, 0.6) is 5.75 Å². The monoisotopic (exact) mass is 228 g/mol. The van der Waals surface area contributed by atoms with Crippen molar-refractivity contribution in [1.82, 2.24) is 4.98 Å². The maximum absolute atomic E-state index is 11.5. The minimum atomic E-state index is -0.524. The highest BCUT2D eigenvalue weighted by molar-refractivity contribution is 5.86. The fourth-order valence-electron chi connectivity index (χ4n) is 1.36. The number of benzene rings is 1. The fourth-order valence-corrected chi connectivity index (χ4v) is 1.36. The van der Waals surface area contributed by atoms with Gasteiger partial charge in [0.05, 0.1) is 11.9 Å². The molecule has 2 rings (SSSR count). The van der Waals surface area contributed by atoms with Gasteiger partial charge in [-0.05, 0) is 30.7 Å². The topological polar surface area (TPSA) is 51.2 Å². The van der Waals surface area contributed by atoms with E-state index in [0.717, 1.165) is 5.56 Å². The molecule has 0 unspecified atom stereocenters. The van der Waals surface area contributed by atoms with Crippen LogP contribution in [0.1, 0.15) is 5.56 Å². The number of nitrogens with one attached hydrogen (secondary N) is 1. The smallest absolute Gasteiger partial charge is 0.410 e. The predicted molar refractivity (Wildman–Crippen MR) is 65.1 cm³/mol. The third-order valence-corrected chi connectivity index (χ3v) is 2.08. The second-order valence-electron chi connectivity index (χ2n) is 3.58. The zero-order chi connectivity index (χ0) is 12.1. The van der Waals surface area contributed by atoms with Crippen molar-refractivity contribution in [2.75, 3.05) is 5.32 Å². The van der Waals surface area contributed by atoms with Crippen LogP contribution in [0.25, 0.3) is 0 Å². The van der Waals surface area contributed by atoms with Crippen LogP contribution in [0.3, 0.4) is 0 Å². The number of para-hydroxylation sites is 1. The molecular weight excluding hydrogens is 216 g/mol. The molecule has 4 nitrogen and oxygen atoms in total. The van der Waals surface area contributed by atoms with E-state index in [9.17, 15) is 4.79 Å². The van der Waals surface area contributed by atoms with Gasteiger partial charge in [0, 0.05) is 6.20 Å². The first-order chi connectivity index (χ1) is 8.24. The van der Waals surface area contributed by atoms with Gasteiger partial charge in [0.1, 0.15) is 5.75 Å². The SMILES string of the molecule is Cc1cncc(NC(=O)Oc2ccccc2)c1. The van der Waals surface area contributed by atoms with Crippen molar-refractivity contribution in [3.8, 4) is 5.75 Å². The Morgan fingerprint density at radius 1 is 1.24 bits per heavy atom. The molecule has 1 aromatic heterocycles. The summed E-state index contributed by atoms with van der Waals surface area (Å²) in [5, 5.41) is 2.61. The van der Waals surface area contributed by atoms with Gasteiger partial charge in [-0.15, -0.1) is 0 Å². The van der Waals surface area contributed by atoms with E-state index in [1.54, 1.807) is 36.7 Å². The second-order valence-corrected chi connectivity index (χ2v) is 3.58. The molecule has 1 amide bonds. The Hall–Kier alpha value is -2.36. The number of rotatable bonds is 2. The highest BCUT2D eigenvalue weighted by atomic mass is 16.6. The van der Waals surface area contributed by atoms with E-state index in [-0.39, 0.29) is 0 Å². The number of ether oxygens (including phenoxy) is 1. The maximum atomic E-state index is 11.5. The number of nitrogens with zero attached hydrogens (tertiary/aromatic N) is 1. The summed E-state index contributed by atoms with van der Waals surface area (Å²) in [5.41, 5.74) is 1.59. The normalized spacial score (nSPS) is 9.71. The summed E-state index contributed by atoms with van der Waals surface area (Å²) in [5.74, 6) is 0.505. The zero-order valence-electron chi connectivity index (χ0n) is 9.38. The van der Waals surface area contributed by atoms with Gasteiger partial charge in [-0.1, -0.05) is 18.2 Å². The molecule has 1 aromatic carbocycles. The first-order valence-electron chi connectivity index (χ1n) is 5.19. The summed E-state index contributed by atoms with van der Waals surface area (Å²) in [4.78, 5) is 15.5. The van der Waals surface area contributed by atoms with Gasteiger partial charge in [0.2, 0.25) is 0 Å². The van der Waals surface area contributed by atoms with E-state index >= 15 is 0 Å². The number of aryl methyl sites for hydroxylation is 1. The van der Waals surface area contributed by atoms with Crippen LogP contribution >= 0.6 is 0 Å². The number of pyridine rings is 1. The van der Waals surface area contributed by atoms with Crippen LogP contribution in [-0.2, 0) is 0 Å². The van der Waals surface area contributed by atoms with Gasteiger partial charge in [0.15, 0.2) is 0 Å². The van der Waals surface area contributed by atoms with E-state index < -0.39 is 6.09 Å². The molecule has 1 N–H and O–H groups in total. The molecule has 0 radical (unpaired) electrons. The van der Waals surface area contributed by atoms with Crippen LogP contribution in [0.15, 0.2) is 48.8 Å². The van der Waals surface area contributed by atoms with Gasteiger partial charge in [-0.2, -0.15) is 0 Å². The molecule has 0 aliphatic rings. The zero-order valence-corrected chi connectivity index (χ0v) is 9.38. The average molecular weight is 228 g/mol. The van der Waals surface area contributed by atoms with Gasteiger partial charge >= 0.3 is 6.09 Å². The van der Waals surface area contributed by atoms with Crippen LogP contribution in [0.2, 0.25) is 0 Å². The molecule has 0 aliphatic carbocycles. The minimum Gasteiger partial charge on any atom is -0.410 e. The van der Waals surface area contributed by atoms with Crippen molar-refractivity contribution in [3.05, 3.63) is 54.4 Å². The minimum absolute atomic E-state index is 0.505. The fraction of sp³-hybridized carbons (Fsp3) is 0.0769. The Kier molecular flexibility index (Phi) is 3.35.